The lowest BCUT2D eigenvalue weighted by atomic mass is 10.0. The molecule has 2 N–H and O–H groups in total. The maximum Gasteiger partial charge on any atom is 0.196 e. The number of hydrogen-bond acceptors (Lipinski definition) is 4. The molecular formula is C21H26O4. The van der Waals surface area contributed by atoms with Crippen LogP contribution in [0.15, 0.2) is 42.5 Å². The number of phenols is 2. The van der Waals surface area contributed by atoms with E-state index in [0.717, 1.165) is 18.2 Å². The molecule has 0 amide bonds. The number of unbranched alkanes of at least 4 members (excludes halogenated alkanes) is 5. The SMILES string of the molecule is CCCCCCCCOc1ccc(C(=O)c2ccc(O)cc2O)cc1. The maximum atomic E-state index is 12.4. The highest BCUT2D eigenvalue weighted by Gasteiger charge is 2.14. The Labute approximate surface area is 149 Å². The highest BCUT2D eigenvalue weighted by molar-refractivity contribution is 6.10. The van der Waals surface area contributed by atoms with Gasteiger partial charge in [0.15, 0.2) is 5.78 Å². The van der Waals surface area contributed by atoms with Gasteiger partial charge in [0, 0.05) is 11.6 Å². The van der Waals surface area contributed by atoms with Crippen molar-refractivity contribution in [3.63, 3.8) is 0 Å². The number of ether oxygens (including phenoxy) is 1. The van der Waals surface area contributed by atoms with Crippen LogP contribution in [0.2, 0.25) is 0 Å². The average Bonchev–Trinajstić information content (AvgIpc) is 2.61. The third-order valence-corrected chi connectivity index (χ3v) is 4.11. The molecule has 4 heteroatoms. The van der Waals surface area contributed by atoms with E-state index in [2.05, 4.69) is 6.92 Å². The molecule has 0 bridgehead atoms. The molecule has 0 fully saturated rings. The maximum absolute atomic E-state index is 12.4. The number of hydrogen-bond donors (Lipinski definition) is 2. The fraction of sp³-hybridized carbons (Fsp3) is 0.381. The molecule has 0 aromatic heterocycles. The summed E-state index contributed by atoms with van der Waals surface area (Å²) in [5.74, 6) is 0.140. The van der Waals surface area contributed by atoms with Crippen molar-refractivity contribution in [2.24, 2.45) is 0 Å². The number of carbonyl (C=O) groups excluding carboxylic acids is 1. The van der Waals surface area contributed by atoms with Gasteiger partial charge in [0.05, 0.1) is 12.2 Å². The van der Waals surface area contributed by atoms with E-state index in [1.165, 1.54) is 44.2 Å². The lowest BCUT2D eigenvalue weighted by molar-refractivity contribution is 0.103. The van der Waals surface area contributed by atoms with Crippen LogP contribution in [0, 0.1) is 0 Å². The van der Waals surface area contributed by atoms with E-state index in [-0.39, 0.29) is 22.8 Å². The molecular weight excluding hydrogens is 316 g/mol. The highest BCUT2D eigenvalue weighted by atomic mass is 16.5. The monoisotopic (exact) mass is 342 g/mol. The van der Waals surface area contributed by atoms with Gasteiger partial charge in [0.25, 0.3) is 0 Å². The van der Waals surface area contributed by atoms with Gasteiger partial charge >= 0.3 is 0 Å². The Hall–Kier alpha value is -2.49. The van der Waals surface area contributed by atoms with Crippen LogP contribution >= 0.6 is 0 Å². The fourth-order valence-electron chi connectivity index (χ4n) is 2.64. The minimum atomic E-state index is -0.292. The van der Waals surface area contributed by atoms with Gasteiger partial charge in [-0.25, -0.2) is 0 Å². The van der Waals surface area contributed by atoms with Gasteiger partial charge in [-0.3, -0.25) is 4.79 Å². The van der Waals surface area contributed by atoms with E-state index in [1.54, 1.807) is 24.3 Å². The molecule has 0 spiro atoms. The minimum absolute atomic E-state index is 0.0764. The molecule has 25 heavy (non-hydrogen) atoms. The van der Waals surface area contributed by atoms with Crippen LogP contribution in [-0.2, 0) is 0 Å². The molecule has 2 aromatic rings. The van der Waals surface area contributed by atoms with Gasteiger partial charge in [-0.15, -0.1) is 0 Å². The van der Waals surface area contributed by atoms with E-state index < -0.39 is 0 Å². The second-order valence-electron chi connectivity index (χ2n) is 6.17. The van der Waals surface area contributed by atoms with Crippen LogP contribution in [-0.4, -0.2) is 22.6 Å². The van der Waals surface area contributed by atoms with Gasteiger partial charge < -0.3 is 14.9 Å². The number of rotatable bonds is 10. The van der Waals surface area contributed by atoms with E-state index >= 15 is 0 Å². The van der Waals surface area contributed by atoms with Gasteiger partial charge in [-0.05, 0) is 42.8 Å². The summed E-state index contributed by atoms with van der Waals surface area (Å²) < 4.78 is 5.70. The molecule has 0 aliphatic carbocycles. The molecule has 0 saturated heterocycles. The van der Waals surface area contributed by atoms with Crippen molar-refractivity contribution in [2.75, 3.05) is 6.61 Å². The lowest BCUT2D eigenvalue weighted by Gasteiger charge is -2.08. The topological polar surface area (TPSA) is 66.8 Å². The minimum Gasteiger partial charge on any atom is -0.508 e. The standard InChI is InChI=1S/C21H26O4/c1-2-3-4-5-6-7-14-25-18-11-8-16(9-12-18)21(24)19-13-10-17(22)15-20(19)23/h8-13,15,22-23H,2-7,14H2,1H3. The summed E-state index contributed by atoms with van der Waals surface area (Å²) in [5, 5.41) is 19.1. The Bertz CT molecular complexity index is 677. The van der Waals surface area contributed by atoms with E-state index in [4.69, 9.17) is 4.74 Å². The summed E-state index contributed by atoms with van der Waals surface area (Å²) in [4.78, 5) is 12.4. The summed E-state index contributed by atoms with van der Waals surface area (Å²) in [6.45, 7) is 2.89. The van der Waals surface area contributed by atoms with Crippen LogP contribution in [0.1, 0.15) is 61.4 Å². The van der Waals surface area contributed by atoms with E-state index in [1.807, 2.05) is 0 Å². The predicted molar refractivity (Wildman–Crippen MR) is 98.5 cm³/mol. The van der Waals surface area contributed by atoms with Gasteiger partial charge in [-0.2, -0.15) is 0 Å². The van der Waals surface area contributed by atoms with E-state index in [9.17, 15) is 15.0 Å². The Kier molecular flexibility index (Phi) is 7.33. The molecule has 2 rings (SSSR count). The molecule has 134 valence electrons. The Balaban J connectivity index is 1.84. The second-order valence-corrected chi connectivity index (χ2v) is 6.17. The Morgan fingerprint density at radius 3 is 2.28 bits per heavy atom. The smallest absolute Gasteiger partial charge is 0.196 e. The zero-order valence-corrected chi connectivity index (χ0v) is 14.7. The number of aromatic hydroxyl groups is 2. The predicted octanol–water partition coefficient (Wildman–Crippen LogP) is 5.07. The molecule has 4 nitrogen and oxygen atoms in total. The zero-order chi connectivity index (χ0) is 18.1. The molecule has 0 unspecified atom stereocenters. The van der Waals surface area contributed by atoms with Crippen LogP contribution in [0.4, 0.5) is 0 Å². The summed E-state index contributed by atoms with van der Waals surface area (Å²) in [7, 11) is 0. The van der Waals surface area contributed by atoms with Crippen molar-refractivity contribution in [2.45, 2.75) is 45.4 Å². The zero-order valence-electron chi connectivity index (χ0n) is 14.7. The summed E-state index contributed by atoms with van der Waals surface area (Å²) >= 11 is 0. The summed E-state index contributed by atoms with van der Waals surface area (Å²) in [6.07, 6.45) is 7.30. The van der Waals surface area contributed by atoms with Crippen LogP contribution in [0.5, 0.6) is 17.2 Å². The van der Waals surface area contributed by atoms with Crippen molar-refractivity contribution < 1.29 is 19.7 Å². The first-order chi connectivity index (χ1) is 12.1. The normalized spacial score (nSPS) is 10.6. The molecule has 0 aliphatic rings. The highest BCUT2D eigenvalue weighted by Crippen LogP contribution is 2.25. The Morgan fingerprint density at radius 1 is 0.920 bits per heavy atom. The number of ketones is 1. The van der Waals surface area contributed by atoms with Gasteiger partial charge in [-0.1, -0.05) is 39.0 Å². The number of phenolic OH excluding ortho intramolecular Hbond substituents is 2. The van der Waals surface area contributed by atoms with Crippen molar-refractivity contribution >= 4 is 5.78 Å². The largest absolute Gasteiger partial charge is 0.508 e. The van der Waals surface area contributed by atoms with Gasteiger partial charge in [0.2, 0.25) is 0 Å². The van der Waals surface area contributed by atoms with Gasteiger partial charge in [0.1, 0.15) is 17.2 Å². The summed E-state index contributed by atoms with van der Waals surface area (Å²) in [5.41, 5.74) is 0.631. The third-order valence-electron chi connectivity index (χ3n) is 4.11. The average molecular weight is 342 g/mol. The molecule has 0 aliphatic heterocycles. The van der Waals surface area contributed by atoms with Crippen molar-refractivity contribution in [1.82, 2.24) is 0 Å². The molecule has 0 saturated carbocycles. The fourth-order valence-corrected chi connectivity index (χ4v) is 2.64. The van der Waals surface area contributed by atoms with Crippen molar-refractivity contribution in [3.05, 3.63) is 53.6 Å². The quantitative estimate of drug-likeness (QED) is 0.467. The molecule has 2 aromatic carbocycles. The first-order valence-corrected chi connectivity index (χ1v) is 8.91. The Morgan fingerprint density at radius 2 is 1.60 bits per heavy atom. The van der Waals surface area contributed by atoms with Crippen molar-refractivity contribution in [1.29, 1.82) is 0 Å². The lowest BCUT2D eigenvalue weighted by Crippen LogP contribution is -2.02. The molecule has 0 radical (unpaired) electrons. The molecule has 0 heterocycles. The van der Waals surface area contributed by atoms with Crippen LogP contribution < -0.4 is 4.74 Å². The first-order valence-electron chi connectivity index (χ1n) is 8.91. The van der Waals surface area contributed by atoms with Crippen LogP contribution in [0.25, 0.3) is 0 Å². The summed E-state index contributed by atoms with van der Waals surface area (Å²) in [6, 6.07) is 10.9. The number of benzene rings is 2. The first kappa shape index (κ1) is 18.8. The van der Waals surface area contributed by atoms with Crippen LogP contribution in [0.3, 0.4) is 0 Å². The number of carbonyl (C=O) groups is 1. The second kappa shape index (κ2) is 9.72. The molecule has 0 atom stereocenters. The third kappa shape index (κ3) is 5.82. The van der Waals surface area contributed by atoms with E-state index in [0.29, 0.717) is 12.2 Å². The van der Waals surface area contributed by atoms with Crippen molar-refractivity contribution in [3.8, 4) is 17.2 Å².